The second-order valence-electron chi connectivity index (χ2n) is 8.29. The fourth-order valence-corrected chi connectivity index (χ4v) is 2.89. The highest BCUT2D eigenvalue weighted by Crippen LogP contribution is 2.39. The Labute approximate surface area is 146 Å². The lowest BCUT2D eigenvalue weighted by atomic mass is 9.78. The minimum atomic E-state index is -0.110. The molecular weight excluding hydrogens is 300 g/mol. The van der Waals surface area contributed by atoms with Gasteiger partial charge in [0.2, 0.25) is 0 Å². The van der Waals surface area contributed by atoms with E-state index in [2.05, 4.69) is 78.5 Å². The van der Waals surface area contributed by atoms with Crippen LogP contribution in [-0.4, -0.2) is 10.4 Å². The van der Waals surface area contributed by atoms with Crippen LogP contribution in [0.3, 0.4) is 0 Å². The van der Waals surface area contributed by atoms with Crippen molar-refractivity contribution >= 4 is 18.7 Å². The largest absolute Gasteiger partial charge is 0.507 e. The summed E-state index contributed by atoms with van der Waals surface area (Å²) in [6, 6.07) is 4.25. The summed E-state index contributed by atoms with van der Waals surface area (Å²) in [4.78, 5) is 0. The molecule has 1 aromatic carbocycles. The quantitative estimate of drug-likeness (QED) is 0.625. The molecule has 1 aliphatic rings. The van der Waals surface area contributed by atoms with E-state index in [0.717, 1.165) is 16.7 Å². The van der Waals surface area contributed by atoms with Crippen LogP contribution in [0.2, 0.25) is 0 Å². The second kappa shape index (κ2) is 6.24. The number of aromatic hydroxyl groups is 1. The van der Waals surface area contributed by atoms with Crippen LogP contribution in [0.4, 0.5) is 0 Å². The van der Waals surface area contributed by atoms with Crippen molar-refractivity contribution in [1.29, 1.82) is 0 Å². The molecule has 0 bridgehead atoms. The third kappa shape index (κ3) is 4.11. The minimum absolute atomic E-state index is 0.0314. The zero-order valence-corrected chi connectivity index (χ0v) is 15.9. The zero-order valence-electron chi connectivity index (χ0n) is 15.0. The average molecular weight is 329 g/mol. The Hall–Kier alpha value is -1.41. The van der Waals surface area contributed by atoms with Gasteiger partial charge in [0.1, 0.15) is 5.75 Å². The molecule has 1 N–H and O–H groups in total. The van der Waals surface area contributed by atoms with Gasteiger partial charge in [0.15, 0.2) is 0 Å². The molecule has 1 unspecified atom stereocenters. The maximum Gasteiger partial charge on any atom is 0.126 e. The topological polar surface area (TPSA) is 20.2 Å². The highest BCUT2D eigenvalue weighted by molar-refractivity contribution is 7.81. The van der Waals surface area contributed by atoms with Crippen molar-refractivity contribution in [3.63, 3.8) is 0 Å². The molecule has 1 aromatic rings. The number of phenols is 1. The summed E-state index contributed by atoms with van der Waals surface area (Å²) in [5.74, 6) is 0.376. The number of hydrogen-bond donors (Lipinski definition) is 2. The Balaban J connectivity index is 2.65. The third-order valence-corrected chi connectivity index (χ3v) is 4.64. The first kappa shape index (κ1) is 17.9. The van der Waals surface area contributed by atoms with Crippen LogP contribution in [0, 0.1) is 0 Å². The molecule has 0 saturated heterocycles. The zero-order chi connectivity index (χ0) is 17.4. The third-order valence-electron chi connectivity index (χ3n) is 4.17. The van der Waals surface area contributed by atoms with E-state index in [9.17, 15) is 5.11 Å². The van der Waals surface area contributed by atoms with Crippen LogP contribution in [0.25, 0.3) is 6.08 Å². The number of phenolic OH excluding ortho intramolecular Hbond substituents is 1. The summed E-state index contributed by atoms with van der Waals surface area (Å²) in [6.45, 7) is 13.0. The number of benzene rings is 1. The standard InChI is InChI=1S/C21H28OS/c1-20(2,3)16-12-15(11-14-9-7-8-10-18(14)23)19(22)17(13-16)21(4,5)6/h7-13,18,22-23H,1-6H3. The first-order chi connectivity index (χ1) is 10.5. The Kier molecular flexibility index (Phi) is 4.86. The van der Waals surface area contributed by atoms with Gasteiger partial charge in [-0.15, -0.1) is 0 Å². The van der Waals surface area contributed by atoms with Crippen LogP contribution < -0.4 is 0 Å². The molecule has 0 aliphatic heterocycles. The Morgan fingerprint density at radius 2 is 1.65 bits per heavy atom. The van der Waals surface area contributed by atoms with Gasteiger partial charge < -0.3 is 5.11 Å². The van der Waals surface area contributed by atoms with Crippen LogP contribution >= 0.6 is 12.6 Å². The smallest absolute Gasteiger partial charge is 0.126 e. The molecule has 0 radical (unpaired) electrons. The molecule has 0 amide bonds. The van der Waals surface area contributed by atoms with E-state index in [1.807, 2.05) is 18.2 Å². The van der Waals surface area contributed by atoms with Gasteiger partial charge in [-0.25, -0.2) is 0 Å². The molecule has 1 nitrogen and oxygen atoms in total. The maximum absolute atomic E-state index is 10.8. The predicted octanol–water partition coefficient (Wildman–Crippen LogP) is 5.80. The molecule has 0 fully saturated rings. The number of thiol groups is 1. The van der Waals surface area contributed by atoms with Crippen molar-refractivity contribution in [2.75, 3.05) is 0 Å². The van der Waals surface area contributed by atoms with Crippen molar-refractivity contribution in [2.24, 2.45) is 0 Å². The number of hydrogen-bond acceptors (Lipinski definition) is 2. The molecular formula is C21H28OS. The highest BCUT2D eigenvalue weighted by atomic mass is 32.1. The molecule has 0 saturated carbocycles. The van der Waals surface area contributed by atoms with E-state index in [1.54, 1.807) is 0 Å². The van der Waals surface area contributed by atoms with Crippen LogP contribution in [0.1, 0.15) is 58.2 Å². The van der Waals surface area contributed by atoms with E-state index < -0.39 is 0 Å². The molecule has 0 aromatic heterocycles. The van der Waals surface area contributed by atoms with Crippen molar-refractivity contribution in [1.82, 2.24) is 0 Å². The maximum atomic E-state index is 10.8. The summed E-state index contributed by atoms with van der Waals surface area (Å²) >= 11 is 4.60. The highest BCUT2D eigenvalue weighted by Gasteiger charge is 2.24. The molecule has 1 atom stereocenters. The Morgan fingerprint density at radius 3 is 2.17 bits per heavy atom. The monoisotopic (exact) mass is 328 g/mol. The van der Waals surface area contributed by atoms with E-state index >= 15 is 0 Å². The van der Waals surface area contributed by atoms with Crippen LogP contribution in [0.15, 0.2) is 42.0 Å². The van der Waals surface area contributed by atoms with E-state index in [1.165, 1.54) is 5.56 Å². The van der Waals surface area contributed by atoms with E-state index in [4.69, 9.17) is 0 Å². The van der Waals surface area contributed by atoms with Gasteiger partial charge in [-0.3, -0.25) is 0 Å². The van der Waals surface area contributed by atoms with Gasteiger partial charge in [0.25, 0.3) is 0 Å². The van der Waals surface area contributed by atoms with E-state index in [-0.39, 0.29) is 16.1 Å². The van der Waals surface area contributed by atoms with Crippen molar-refractivity contribution in [3.05, 3.63) is 58.7 Å². The summed E-state index contributed by atoms with van der Waals surface area (Å²) < 4.78 is 0. The second-order valence-corrected chi connectivity index (χ2v) is 8.85. The first-order valence-electron chi connectivity index (χ1n) is 8.12. The minimum Gasteiger partial charge on any atom is -0.507 e. The lowest BCUT2D eigenvalue weighted by Crippen LogP contribution is -2.17. The van der Waals surface area contributed by atoms with Crippen LogP contribution in [-0.2, 0) is 10.8 Å². The summed E-state index contributed by atoms with van der Waals surface area (Å²) in [7, 11) is 0. The Morgan fingerprint density at radius 1 is 1.00 bits per heavy atom. The van der Waals surface area contributed by atoms with Crippen molar-refractivity contribution < 1.29 is 5.11 Å². The average Bonchev–Trinajstić information content (AvgIpc) is 2.40. The molecule has 0 spiro atoms. The summed E-state index contributed by atoms with van der Waals surface area (Å²) in [6.07, 6.45) is 10.2. The van der Waals surface area contributed by atoms with Gasteiger partial charge in [-0.1, -0.05) is 71.9 Å². The van der Waals surface area contributed by atoms with Crippen molar-refractivity contribution in [3.8, 4) is 5.75 Å². The molecule has 23 heavy (non-hydrogen) atoms. The molecule has 2 heteroatoms. The first-order valence-corrected chi connectivity index (χ1v) is 8.64. The Bertz CT molecular complexity index is 679. The normalized spacial score (nSPS) is 20.3. The lowest BCUT2D eigenvalue weighted by molar-refractivity contribution is 0.443. The van der Waals surface area contributed by atoms with Crippen molar-refractivity contribution in [2.45, 2.75) is 57.6 Å². The van der Waals surface area contributed by atoms with Gasteiger partial charge in [0.05, 0.1) is 0 Å². The molecule has 1 aliphatic carbocycles. The van der Waals surface area contributed by atoms with Crippen LogP contribution in [0.5, 0.6) is 5.75 Å². The molecule has 0 heterocycles. The molecule has 124 valence electrons. The summed E-state index contributed by atoms with van der Waals surface area (Å²) in [5, 5.41) is 10.9. The molecule has 2 rings (SSSR count). The van der Waals surface area contributed by atoms with Gasteiger partial charge in [-0.2, -0.15) is 12.6 Å². The van der Waals surface area contributed by atoms with E-state index in [0.29, 0.717) is 5.75 Å². The van der Waals surface area contributed by atoms with Gasteiger partial charge >= 0.3 is 0 Å². The number of rotatable bonds is 1. The lowest BCUT2D eigenvalue weighted by Gasteiger charge is -2.27. The number of allylic oxidation sites excluding steroid dienone is 3. The predicted molar refractivity (Wildman–Crippen MR) is 105 cm³/mol. The van der Waals surface area contributed by atoms with Gasteiger partial charge in [0, 0.05) is 16.4 Å². The summed E-state index contributed by atoms with van der Waals surface area (Å²) in [5.41, 5.74) is 4.11. The fourth-order valence-electron chi connectivity index (χ4n) is 2.63. The van der Waals surface area contributed by atoms with Gasteiger partial charge in [-0.05, 0) is 34.1 Å². The fraction of sp³-hybridized carbons (Fsp3) is 0.429. The SMILES string of the molecule is CC(C)(C)c1cc(C=C2C=CC=CC2S)c(O)c(C(C)(C)C)c1.